The zero-order chi connectivity index (χ0) is 12.3. The highest BCUT2D eigenvalue weighted by Gasteiger charge is 2.06. The molecule has 1 heterocycles. The molecular weight excluding hydrogens is 399 g/mol. The number of H-pyrrole nitrogens is 1. The Morgan fingerprint density at radius 1 is 1.47 bits per heavy atom. The Bertz CT molecular complexity index is 586. The maximum atomic E-state index is 11.3. The number of hydrogen-bond donors (Lipinski definition) is 1. The molecule has 1 aromatic heterocycles. The fourth-order valence-corrected chi connectivity index (χ4v) is 2.14. The molecule has 0 unspecified atom stereocenters. The number of halogens is 2. The Balaban J connectivity index is 2.13. The summed E-state index contributed by atoms with van der Waals surface area (Å²) in [6.45, 7) is 0.381. The minimum atomic E-state index is -0.190. The van der Waals surface area contributed by atoms with Gasteiger partial charge >= 0.3 is 0 Å². The first kappa shape index (κ1) is 12.6. The quantitative estimate of drug-likeness (QED) is 0.797. The fraction of sp³-hybridized carbons (Fsp3) is 0.0909. The first-order valence-corrected chi connectivity index (χ1v) is 6.64. The third kappa shape index (κ3) is 3.29. The minimum absolute atomic E-state index is 0.190. The Kier molecular flexibility index (Phi) is 4.16. The summed E-state index contributed by atoms with van der Waals surface area (Å²) in [6, 6.07) is 7.78. The lowest BCUT2D eigenvalue weighted by molar-refractivity contribution is 0.290. The van der Waals surface area contributed by atoms with Crippen molar-refractivity contribution in [3.63, 3.8) is 0 Å². The van der Waals surface area contributed by atoms with E-state index in [1.807, 2.05) is 46.9 Å². The van der Waals surface area contributed by atoms with E-state index in [4.69, 9.17) is 4.74 Å². The predicted molar refractivity (Wildman–Crippen MR) is 76.0 cm³/mol. The highest BCUT2D eigenvalue weighted by molar-refractivity contribution is 14.1. The van der Waals surface area contributed by atoms with Gasteiger partial charge in [0.1, 0.15) is 10.2 Å². The van der Waals surface area contributed by atoms with Crippen molar-refractivity contribution in [1.82, 2.24) is 9.97 Å². The fourth-order valence-electron chi connectivity index (χ4n) is 1.25. The van der Waals surface area contributed by atoms with E-state index in [1.54, 1.807) is 0 Å². The lowest BCUT2D eigenvalue weighted by atomic mass is 10.2. The van der Waals surface area contributed by atoms with Gasteiger partial charge in [-0.3, -0.25) is 4.79 Å². The van der Waals surface area contributed by atoms with Crippen LogP contribution in [-0.4, -0.2) is 9.97 Å². The van der Waals surface area contributed by atoms with E-state index < -0.39 is 0 Å². The maximum Gasteiger partial charge on any atom is 0.268 e. The molecule has 0 spiro atoms. The maximum absolute atomic E-state index is 11.3. The summed E-state index contributed by atoms with van der Waals surface area (Å²) in [5.74, 6) is 0.356. The van der Waals surface area contributed by atoms with E-state index in [-0.39, 0.29) is 5.56 Å². The molecule has 0 radical (unpaired) electrons. The van der Waals surface area contributed by atoms with Crippen molar-refractivity contribution in [2.75, 3.05) is 0 Å². The second-order valence-electron chi connectivity index (χ2n) is 3.27. The van der Waals surface area contributed by atoms with Crippen LogP contribution in [0.3, 0.4) is 0 Å². The first-order valence-electron chi connectivity index (χ1n) is 4.77. The summed E-state index contributed by atoms with van der Waals surface area (Å²) >= 11 is 5.30. The Morgan fingerprint density at radius 3 is 3.06 bits per heavy atom. The van der Waals surface area contributed by atoms with Crippen LogP contribution in [0.25, 0.3) is 0 Å². The summed E-state index contributed by atoms with van der Waals surface area (Å²) in [4.78, 5) is 17.8. The number of nitrogens with one attached hydrogen (secondary N) is 1. The molecular formula is C11H8BrIN2O2. The van der Waals surface area contributed by atoms with Crippen molar-refractivity contribution in [3.05, 3.63) is 54.6 Å². The number of nitrogens with zero attached hydrogens (tertiary/aromatic N) is 1. The number of aromatic amines is 1. The van der Waals surface area contributed by atoms with Crippen LogP contribution in [0.5, 0.6) is 5.88 Å². The van der Waals surface area contributed by atoms with Gasteiger partial charge in [0.15, 0.2) is 0 Å². The van der Waals surface area contributed by atoms with Gasteiger partial charge in [-0.15, -0.1) is 0 Å². The van der Waals surface area contributed by atoms with E-state index >= 15 is 0 Å². The molecule has 0 aliphatic heterocycles. The van der Waals surface area contributed by atoms with E-state index in [1.165, 1.54) is 6.33 Å². The van der Waals surface area contributed by atoms with Crippen molar-refractivity contribution in [3.8, 4) is 5.88 Å². The van der Waals surface area contributed by atoms with E-state index in [0.717, 1.165) is 10.0 Å². The zero-order valence-electron chi connectivity index (χ0n) is 8.61. The SMILES string of the molecule is O=c1[nH]cnc(OCc2cccc(Br)c2)c1I. The van der Waals surface area contributed by atoms with Crippen LogP contribution >= 0.6 is 38.5 Å². The Hall–Kier alpha value is -0.890. The molecule has 0 fully saturated rings. The molecule has 0 saturated carbocycles. The standard InChI is InChI=1S/C11H8BrIN2O2/c12-8-3-1-2-7(4-8)5-17-11-9(13)10(16)14-6-15-11/h1-4,6H,5H2,(H,14,15,16). The molecule has 0 aliphatic rings. The van der Waals surface area contributed by atoms with Crippen LogP contribution in [0, 0.1) is 3.57 Å². The first-order chi connectivity index (χ1) is 8.16. The summed E-state index contributed by atoms with van der Waals surface area (Å²) in [5, 5.41) is 0. The van der Waals surface area contributed by atoms with Gasteiger partial charge in [0.25, 0.3) is 5.56 Å². The Morgan fingerprint density at radius 2 is 2.29 bits per heavy atom. The van der Waals surface area contributed by atoms with Crippen LogP contribution in [-0.2, 0) is 6.61 Å². The topological polar surface area (TPSA) is 55.0 Å². The second kappa shape index (κ2) is 5.63. The number of aromatic nitrogens is 2. The molecule has 1 aromatic carbocycles. The Labute approximate surface area is 120 Å². The average molecular weight is 407 g/mol. The van der Waals surface area contributed by atoms with Crippen molar-refractivity contribution in [2.45, 2.75) is 6.61 Å². The monoisotopic (exact) mass is 406 g/mol. The van der Waals surface area contributed by atoms with Crippen molar-refractivity contribution in [2.24, 2.45) is 0 Å². The van der Waals surface area contributed by atoms with Gasteiger partial charge in [0.05, 0.1) is 6.33 Å². The molecule has 17 heavy (non-hydrogen) atoms. The van der Waals surface area contributed by atoms with Gasteiger partial charge in [-0.2, -0.15) is 0 Å². The van der Waals surface area contributed by atoms with Crippen molar-refractivity contribution < 1.29 is 4.74 Å². The third-order valence-corrected chi connectivity index (χ3v) is 3.47. The molecule has 0 aliphatic carbocycles. The van der Waals surface area contributed by atoms with Crippen LogP contribution in [0.4, 0.5) is 0 Å². The molecule has 0 atom stereocenters. The van der Waals surface area contributed by atoms with E-state index in [9.17, 15) is 4.79 Å². The molecule has 0 amide bonds. The summed E-state index contributed by atoms with van der Waals surface area (Å²) in [6.07, 6.45) is 1.33. The number of hydrogen-bond acceptors (Lipinski definition) is 3. The summed E-state index contributed by atoms with van der Waals surface area (Å²) in [5.41, 5.74) is 0.821. The summed E-state index contributed by atoms with van der Waals surface area (Å²) in [7, 11) is 0. The van der Waals surface area contributed by atoms with Gasteiger partial charge in [0.2, 0.25) is 5.88 Å². The van der Waals surface area contributed by atoms with Crippen LogP contribution in [0.1, 0.15) is 5.56 Å². The van der Waals surface area contributed by atoms with Crippen LogP contribution < -0.4 is 10.3 Å². The molecule has 2 rings (SSSR count). The molecule has 6 heteroatoms. The van der Waals surface area contributed by atoms with Gasteiger partial charge in [-0.05, 0) is 40.3 Å². The highest BCUT2D eigenvalue weighted by atomic mass is 127. The second-order valence-corrected chi connectivity index (χ2v) is 5.26. The van der Waals surface area contributed by atoms with Crippen LogP contribution in [0.15, 0.2) is 39.9 Å². The molecule has 0 bridgehead atoms. The number of benzene rings is 1. The van der Waals surface area contributed by atoms with Crippen LogP contribution in [0.2, 0.25) is 0 Å². The largest absolute Gasteiger partial charge is 0.472 e. The van der Waals surface area contributed by atoms with Gasteiger partial charge in [0, 0.05) is 4.47 Å². The minimum Gasteiger partial charge on any atom is -0.472 e. The molecule has 88 valence electrons. The third-order valence-electron chi connectivity index (χ3n) is 2.03. The molecule has 2 aromatic rings. The van der Waals surface area contributed by atoms with Crippen molar-refractivity contribution in [1.29, 1.82) is 0 Å². The normalized spacial score (nSPS) is 10.2. The summed E-state index contributed by atoms with van der Waals surface area (Å²) < 4.78 is 6.95. The predicted octanol–water partition coefficient (Wildman–Crippen LogP) is 2.72. The van der Waals surface area contributed by atoms with Gasteiger partial charge in [-0.1, -0.05) is 28.1 Å². The molecule has 1 N–H and O–H groups in total. The van der Waals surface area contributed by atoms with Gasteiger partial charge in [-0.25, -0.2) is 4.98 Å². The number of rotatable bonds is 3. The molecule has 4 nitrogen and oxygen atoms in total. The highest BCUT2D eigenvalue weighted by Crippen LogP contribution is 2.16. The zero-order valence-corrected chi connectivity index (χ0v) is 12.4. The van der Waals surface area contributed by atoms with E-state index in [0.29, 0.717) is 16.1 Å². The van der Waals surface area contributed by atoms with E-state index in [2.05, 4.69) is 25.9 Å². The van der Waals surface area contributed by atoms with Gasteiger partial charge < -0.3 is 9.72 Å². The molecule has 0 saturated heterocycles. The number of ether oxygens (including phenoxy) is 1. The lowest BCUT2D eigenvalue weighted by Gasteiger charge is -2.06. The average Bonchev–Trinajstić information content (AvgIpc) is 2.31. The van der Waals surface area contributed by atoms with Crippen molar-refractivity contribution >= 4 is 38.5 Å². The smallest absolute Gasteiger partial charge is 0.268 e. The lowest BCUT2D eigenvalue weighted by Crippen LogP contribution is -2.12.